The number of aromatic nitrogens is 1. The summed E-state index contributed by atoms with van der Waals surface area (Å²) in [5.74, 6) is 0. The topological polar surface area (TPSA) is 74.1 Å². The molecule has 3 rings (SSSR count). The third-order valence-corrected chi connectivity index (χ3v) is 3.97. The molecule has 0 radical (unpaired) electrons. The molecule has 104 valence electrons. The molecule has 1 atom stereocenters. The molecule has 1 aromatic heterocycles. The van der Waals surface area contributed by atoms with Crippen LogP contribution in [0, 0.1) is 10.1 Å². The van der Waals surface area contributed by atoms with Crippen LogP contribution in [0.4, 0.5) is 5.69 Å². The van der Waals surface area contributed by atoms with Crippen LogP contribution >= 0.6 is 0 Å². The number of nitrogens with two attached hydrogens (primary N) is 1. The Morgan fingerprint density at radius 2 is 2.15 bits per heavy atom. The molecule has 2 aromatic rings. The Balaban J connectivity index is 1.95. The monoisotopic (exact) mass is 271 g/mol. The summed E-state index contributed by atoms with van der Waals surface area (Å²) in [6.07, 6.45) is 5.08. The lowest BCUT2D eigenvalue weighted by molar-refractivity contribution is -0.385. The van der Waals surface area contributed by atoms with Crippen molar-refractivity contribution in [3.63, 3.8) is 0 Å². The molecule has 20 heavy (non-hydrogen) atoms. The molecule has 0 amide bonds. The smallest absolute Gasteiger partial charge is 0.274 e. The van der Waals surface area contributed by atoms with Crippen molar-refractivity contribution in [3.05, 3.63) is 63.5 Å². The van der Waals surface area contributed by atoms with E-state index in [-0.39, 0.29) is 16.7 Å². The third-order valence-electron chi connectivity index (χ3n) is 3.97. The summed E-state index contributed by atoms with van der Waals surface area (Å²) in [5.41, 5.74) is 9.43. The Morgan fingerprint density at radius 3 is 2.95 bits per heavy atom. The van der Waals surface area contributed by atoms with Gasteiger partial charge in [0.05, 0.1) is 11.5 Å². The fraction of sp³-hybridized carbons (Fsp3) is 0.333. The van der Waals surface area contributed by atoms with Crippen LogP contribution < -0.4 is 5.73 Å². The molecule has 0 fully saturated rings. The first-order valence-electron chi connectivity index (χ1n) is 6.82. The van der Waals surface area contributed by atoms with E-state index in [9.17, 15) is 10.1 Å². The summed E-state index contributed by atoms with van der Waals surface area (Å²) >= 11 is 0. The fourth-order valence-corrected chi connectivity index (χ4v) is 2.95. The summed E-state index contributed by atoms with van der Waals surface area (Å²) < 4.78 is 2.09. The van der Waals surface area contributed by atoms with Crippen molar-refractivity contribution >= 4 is 5.69 Å². The average molecular weight is 271 g/mol. The van der Waals surface area contributed by atoms with Crippen molar-refractivity contribution in [2.24, 2.45) is 5.73 Å². The minimum absolute atomic E-state index is 0.103. The van der Waals surface area contributed by atoms with Crippen molar-refractivity contribution < 1.29 is 4.92 Å². The van der Waals surface area contributed by atoms with Crippen LogP contribution in [-0.4, -0.2) is 9.49 Å². The average Bonchev–Trinajstić information content (AvgIpc) is 2.84. The molecule has 0 spiro atoms. The molecule has 1 aliphatic rings. The van der Waals surface area contributed by atoms with Crippen LogP contribution in [0.15, 0.2) is 36.5 Å². The largest absolute Gasteiger partial charge is 0.346 e. The lowest BCUT2D eigenvalue weighted by Crippen LogP contribution is -2.18. The van der Waals surface area contributed by atoms with Crippen LogP contribution in [0.2, 0.25) is 0 Å². The molecule has 5 nitrogen and oxygen atoms in total. The summed E-state index contributed by atoms with van der Waals surface area (Å²) in [5, 5.41) is 11.1. The minimum Gasteiger partial charge on any atom is -0.346 e. The van der Waals surface area contributed by atoms with Gasteiger partial charge in [0.2, 0.25) is 0 Å². The maximum atomic E-state index is 11.1. The van der Waals surface area contributed by atoms with E-state index >= 15 is 0 Å². The number of nitro groups is 1. The maximum absolute atomic E-state index is 11.1. The van der Waals surface area contributed by atoms with Gasteiger partial charge in [-0.05, 0) is 30.9 Å². The van der Waals surface area contributed by atoms with E-state index in [4.69, 9.17) is 5.73 Å². The Morgan fingerprint density at radius 1 is 1.35 bits per heavy atom. The molecular weight excluding hydrogens is 254 g/mol. The van der Waals surface area contributed by atoms with Crippen molar-refractivity contribution in [3.8, 4) is 0 Å². The predicted molar refractivity (Wildman–Crippen MR) is 76.5 cm³/mol. The number of fused-ring (bicyclic) bond motifs is 1. The normalized spacial score (nSPS) is 17.8. The van der Waals surface area contributed by atoms with Gasteiger partial charge in [-0.3, -0.25) is 10.1 Å². The highest BCUT2D eigenvalue weighted by Crippen LogP contribution is 2.30. The van der Waals surface area contributed by atoms with Crippen LogP contribution in [0.1, 0.15) is 35.7 Å². The molecule has 1 aromatic carbocycles. The van der Waals surface area contributed by atoms with E-state index in [1.807, 2.05) is 24.4 Å². The van der Waals surface area contributed by atoms with Gasteiger partial charge in [-0.15, -0.1) is 0 Å². The maximum Gasteiger partial charge on any atom is 0.274 e. The molecular formula is C15H17N3O2. The quantitative estimate of drug-likeness (QED) is 0.689. The standard InChI is InChI=1S/C15H17N3O2/c16-13-5-3-7-15-12(13)8-9-17(15)10-11-4-1-2-6-14(11)18(19)20/h1-2,4,6,8-9,13H,3,5,7,10,16H2. The van der Waals surface area contributed by atoms with Gasteiger partial charge >= 0.3 is 0 Å². The second-order valence-electron chi connectivity index (χ2n) is 5.23. The summed E-state index contributed by atoms with van der Waals surface area (Å²) in [7, 11) is 0. The third kappa shape index (κ3) is 2.20. The SMILES string of the molecule is NC1CCCc2c1ccn2Cc1ccccc1[N+](=O)[O-]. The molecule has 0 aliphatic heterocycles. The molecule has 0 saturated carbocycles. The number of hydrogen-bond acceptors (Lipinski definition) is 3. The second kappa shape index (κ2) is 5.09. The highest BCUT2D eigenvalue weighted by Gasteiger charge is 2.21. The fourth-order valence-electron chi connectivity index (χ4n) is 2.95. The Hall–Kier alpha value is -2.14. The van der Waals surface area contributed by atoms with Gasteiger partial charge in [-0.2, -0.15) is 0 Å². The first-order chi connectivity index (χ1) is 9.66. The van der Waals surface area contributed by atoms with Gasteiger partial charge in [0.25, 0.3) is 5.69 Å². The summed E-state index contributed by atoms with van der Waals surface area (Å²) in [4.78, 5) is 10.7. The lowest BCUT2D eigenvalue weighted by Gasteiger charge is -2.21. The van der Waals surface area contributed by atoms with Gasteiger partial charge in [0.1, 0.15) is 0 Å². The van der Waals surface area contributed by atoms with Crippen molar-refractivity contribution in [1.82, 2.24) is 4.57 Å². The number of hydrogen-bond donors (Lipinski definition) is 1. The molecule has 1 unspecified atom stereocenters. The lowest BCUT2D eigenvalue weighted by atomic mass is 9.93. The zero-order valence-electron chi connectivity index (χ0n) is 11.2. The Labute approximate surface area is 117 Å². The molecule has 1 heterocycles. The number of rotatable bonds is 3. The van der Waals surface area contributed by atoms with E-state index in [1.54, 1.807) is 12.1 Å². The number of benzene rings is 1. The Bertz CT molecular complexity index is 648. The predicted octanol–water partition coefficient (Wildman–Crippen LogP) is 2.78. The van der Waals surface area contributed by atoms with Gasteiger partial charge in [-0.25, -0.2) is 0 Å². The first-order valence-corrected chi connectivity index (χ1v) is 6.82. The minimum atomic E-state index is -0.322. The van der Waals surface area contributed by atoms with E-state index in [0.29, 0.717) is 6.54 Å². The number of para-hydroxylation sites is 1. The van der Waals surface area contributed by atoms with Gasteiger partial charge in [-0.1, -0.05) is 18.2 Å². The van der Waals surface area contributed by atoms with E-state index < -0.39 is 0 Å². The summed E-state index contributed by atoms with van der Waals surface area (Å²) in [6, 6.07) is 9.05. The highest BCUT2D eigenvalue weighted by atomic mass is 16.6. The number of nitrogens with zero attached hydrogens (tertiary/aromatic N) is 2. The molecule has 0 bridgehead atoms. The second-order valence-corrected chi connectivity index (χ2v) is 5.23. The van der Waals surface area contributed by atoms with E-state index in [1.165, 1.54) is 11.3 Å². The van der Waals surface area contributed by atoms with Crippen molar-refractivity contribution in [1.29, 1.82) is 0 Å². The van der Waals surface area contributed by atoms with Crippen molar-refractivity contribution in [2.45, 2.75) is 31.8 Å². The van der Waals surface area contributed by atoms with Crippen LogP contribution in [0.5, 0.6) is 0 Å². The van der Waals surface area contributed by atoms with Crippen LogP contribution in [0.25, 0.3) is 0 Å². The van der Waals surface area contributed by atoms with E-state index in [0.717, 1.165) is 24.8 Å². The Kier molecular flexibility index (Phi) is 3.28. The zero-order valence-corrected chi connectivity index (χ0v) is 11.2. The van der Waals surface area contributed by atoms with Gasteiger partial charge in [0, 0.05) is 29.6 Å². The van der Waals surface area contributed by atoms with Gasteiger partial charge < -0.3 is 10.3 Å². The first kappa shape index (κ1) is 12.9. The zero-order chi connectivity index (χ0) is 14.1. The number of nitro benzene ring substituents is 1. The highest BCUT2D eigenvalue weighted by molar-refractivity contribution is 5.40. The molecule has 1 aliphatic carbocycles. The molecule has 2 N–H and O–H groups in total. The van der Waals surface area contributed by atoms with Crippen molar-refractivity contribution in [2.75, 3.05) is 0 Å². The summed E-state index contributed by atoms with van der Waals surface area (Å²) in [6.45, 7) is 0.527. The van der Waals surface area contributed by atoms with Crippen LogP contribution in [-0.2, 0) is 13.0 Å². The van der Waals surface area contributed by atoms with E-state index in [2.05, 4.69) is 4.57 Å². The van der Waals surface area contributed by atoms with Crippen LogP contribution in [0.3, 0.4) is 0 Å². The molecule has 0 saturated heterocycles. The molecule has 5 heteroatoms. The van der Waals surface area contributed by atoms with Gasteiger partial charge in [0.15, 0.2) is 0 Å².